The number of carbonyl (C=O) groups excluding carboxylic acids is 1. The second kappa shape index (κ2) is 6.35. The summed E-state index contributed by atoms with van der Waals surface area (Å²) in [6.45, 7) is 10.7. The van der Waals surface area contributed by atoms with Gasteiger partial charge in [0.1, 0.15) is 12.7 Å². The Hall–Kier alpha value is -0.420. The smallest absolute Gasteiger partial charge is 0.463 e. The SMILES string of the molecule is CC(C)(C)CC(COC(=O)C(C)(C)C)OP(=O)(O)O. The first kappa shape index (κ1) is 18.6. The van der Waals surface area contributed by atoms with E-state index in [1.807, 2.05) is 20.8 Å². The van der Waals surface area contributed by atoms with Gasteiger partial charge in [-0.15, -0.1) is 0 Å². The number of hydrogen-bond donors (Lipinski definition) is 2. The fourth-order valence-corrected chi connectivity index (χ4v) is 1.91. The van der Waals surface area contributed by atoms with Crippen molar-refractivity contribution < 1.29 is 28.4 Å². The van der Waals surface area contributed by atoms with Crippen LogP contribution < -0.4 is 0 Å². The van der Waals surface area contributed by atoms with Crippen molar-refractivity contribution >= 4 is 13.8 Å². The summed E-state index contributed by atoms with van der Waals surface area (Å²) < 4.78 is 20.6. The van der Waals surface area contributed by atoms with Crippen LogP contribution in [0.2, 0.25) is 0 Å². The first-order valence-electron chi connectivity index (χ1n) is 6.12. The summed E-state index contributed by atoms with van der Waals surface area (Å²) in [6, 6.07) is 0. The van der Waals surface area contributed by atoms with Crippen molar-refractivity contribution in [1.82, 2.24) is 0 Å². The van der Waals surface area contributed by atoms with Gasteiger partial charge in [-0.2, -0.15) is 0 Å². The first-order chi connectivity index (χ1) is 8.21. The monoisotopic (exact) mass is 296 g/mol. The predicted molar refractivity (Wildman–Crippen MR) is 71.4 cm³/mol. The van der Waals surface area contributed by atoms with Gasteiger partial charge in [0.05, 0.1) is 5.41 Å². The van der Waals surface area contributed by atoms with Crippen LogP contribution in [0.25, 0.3) is 0 Å². The molecular weight excluding hydrogens is 271 g/mol. The average Bonchev–Trinajstić information content (AvgIpc) is 2.06. The molecule has 0 amide bonds. The zero-order valence-electron chi connectivity index (χ0n) is 12.5. The van der Waals surface area contributed by atoms with Crippen LogP contribution in [-0.4, -0.2) is 28.5 Å². The summed E-state index contributed by atoms with van der Waals surface area (Å²) in [6.07, 6.45) is -0.456. The van der Waals surface area contributed by atoms with E-state index in [1.165, 1.54) is 0 Å². The lowest BCUT2D eigenvalue weighted by Gasteiger charge is -2.27. The van der Waals surface area contributed by atoms with Crippen LogP contribution in [0.4, 0.5) is 0 Å². The summed E-state index contributed by atoms with van der Waals surface area (Å²) in [4.78, 5) is 29.3. The normalized spacial score (nSPS) is 15.2. The Bertz CT molecular complexity index is 346. The molecule has 0 spiro atoms. The van der Waals surface area contributed by atoms with Gasteiger partial charge in [-0.25, -0.2) is 4.57 Å². The van der Waals surface area contributed by atoms with E-state index >= 15 is 0 Å². The molecule has 0 fully saturated rings. The van der Waals surface area contributed by atoms with Gasteiger partial charge in [0.15, 0.2) is 0 Å². The molecule has 2 N–H and O–H groups in total. The third-order valence-electron chi connectivity index (χ3n) is 2.14. The summed E-state index contributed by atoms with van der Waals surface area (Å²) in [5.74, 6) is -0.430. The Morgan fingerprint density at radius 1 is 1.16 bits per heavy atom. The molecule has 0 bridgehead atoms. The van der Waals surface area contributed by atoms with Gasteiger partial charge >= 0.3 is 13.8 Å². The maximum absolute atomic E-state index is 11.6. The molecule has 1 unspecified atom stereocenters. The zero-order valence-corrected chi connectivity index (χ0v) is 13.4. The van der Waals surface area contributed by atoms with Crippen molar-refractivity contribution in [1.29, 1.82) is 0 Å². The van der Waals surface area contributed by atoms with Gasteiger partial charge in [0.25, 0.3) is 0 Å². The number of ether oxygens (including phenoxy) is 1. The minimum atomic E-state index is -4.60. The largest absolute Gasteiger partial charge is 0.469 e. The van der Waals surface area contributed by atoms with Crippen LogP contribution in [0.3, 0.4) is 0 Å². The molecule has 1 atom stereocenters. The number of hydrogen-bond acceptors (Lipinski definition) is 4. The third kappa shape index (κ3) is 10.1. The molecule has 6 nitrogen and oxygen atoms in total. The maximum atomic E-state index is 11.6. The summed E-state index contributed by atoms with van der Waals surface area (Å²) >= 11 is 0. The molecule has 7 heteroatoms. The highest BCUT2D eigenvalue weighted by atomic mass is 31.2. The molecule has 0 rings (SSSR count). The Kier molecular flexibility index (Phi) is 6.21. The summed E-state index contributed by atoms with van der Waals surface area (Å²) in [5.41, 5.74) is -0.859. The van der Waals surface area contributed by atoms with Crippen molar-refractivity contribution in [3.63, 3.8) is 0 Å². The molecule has 114 valence electrons. The van der Waals surface area contributed by atoms with Gasteiger partial charge in [0.2, 0.25) is 0 Å². The molecule has 0 aliphatic carbocycles. The van der Waals surface area contributed by atoms with E-state index < -0.39 is 25.3 Å². The van der Waals surface area contributed by atoms with Crippen molar-refractivity contribution in [3.8, 4) is 0 Å². The number of esters is 1. The minimum absolute atomic E-state index is 0.168. The molecular formula is C12H25O6P. The number of phosphoric ester groups is 1. The summed E-state index contributed by atoms with van der Waals surface area (Å²) in [5, 5.41) is 0. The fourth-order valence-electron chi connectivity index (χ4n) is 1.39. The van der Waals surface area contributed by atoms with Gasteiger partial charge in [-0.3, -0.25) is 9.32 Å². The van der Waals surface area contributed by atoms with E-state index in [0.717, 1.165) is 0 Å². The maximum Gasteiger partial charge on any atom is 0.469 e. The fraction of sp³-hybridized carbons (Fsp3) is 0.917. The van der Waals surface area contributed by atoms with Gasteiger partial charge in [-0.1, -0.05) is 20.8 Å². The van der Waals surface area contributed by atoms with Crippen molar-refractivity contribution in [2.24, 2.45) is 10.8 Å². The second-order valence-corrected chi connectivity index (χ2v) is 8.02. The molecule has 0 heterocycles. The summed E-state index contributed by atoms with van der Waals surface area (Å²) in [7, 11) is -4.60. The highest BCUT2D eigenvalue weighted by Crippen LogP contribution is 2.40. The van der Waals surface area contributed by atoms with Crippen LogP contribution in [0.15, 0.2) is 0 Å². The molecule has 0 aromatic heterocycles. The molecule has 0 aromatic rings. The molecule has 0 aromatic carbocycles. The van der Waals surface area contributed by atoms with Crippen molar-refractivity contribution in [2.75, 3.05) is 6.61 Å². The van der Waals surface area contributed by atoms with Crippen LogP contribution in [0.1, 0.15) is 48.0 Å². The molecule has 0 aliphatic heterocycles. The third-order valence-corrected chi connectivity index (χ3v) is 2.71. The highest BCUT2D eigenvalue weighted by molar-refractivity contribution is 7.46. The quantitative estimate of drug-likeness (QED) is 0.598. The predicted octanol–water partition coefficient (Wildman–Crippen LogP) is 2.49. The van der Waals surface area contributed by atoms with Gasteiger partial charge in [0, 0.05) is 0 Å². The standard InChI is InChI=1S/C12H25O6P/c1-11(2,3)7-9(18-19(14,15)16)8-17-10(13)12(4,5)6/h9H,7-8H2,1-6H3,(H2,14,15,16). The zero-order chi connectivity index (χ0) is 15.5. The van der Waals surface area contributed by atoms with E-state index in [2.05, 4.69) is 4.52 Å². The Morgan fingerprint density at radius 3 is 1.95 bits per heavy atom. The van der Waals surface area contributed by atoms with Gasteiger partial charge in [-0.05, 0) is 32.6 Å². The van der Waals surface area contributed by atoms with E-state index in [-0.39, 0.29) is 12.0 Å². The van der Waals surface area contributed by atoms with E-state index in [0.29, 0.717) is 6.42 Å². The van der Waals surface area contributed by atoms with E-state index in [9.17, 15) is 9.36 Å². The van der Waals surface area contributed by atoms with Crippen LogP contribution in [-0.2, 0) is 18.6 Å². The Labute approximate surface area is 114 Å². The molecule has 0 saturated heterocycles. The molecule has 0 aliphatic rings. The average molecular weight is 296 g/mol. The minimum Gasteiger partial charge on any atom is -0.463 e. The topological polar surface area (TPSA) is 93.1 Å². The number of phosphoric acid groups is 1. The van der Waals surface area contributed by atoms with Crippen LogP contribution in [0.5, 0.6) is 0 Å². The lowest BCUT2D eigenvalue weighted by Crippen LogP contribution is -2.30. The Balaban J connectivity index is 4.61. The van der Waals surface area contributed by atoms with Gasteiger partial charge < -0.3 is 14.5 Å². The lowest BCUT2D eigenvalue weighted by atomic mass is 9.89. The Morgan fingerprint density at radius 2 is 1.63 bits per heavy atom. The molecule has 19 heavy (non-hydrogen) atoms. The molecule has 0 radical (unpaired) electrons. The first-order valence-corrected chi connectivity index (χ1v) is 7.65. The number of rotatable bonds is 5. The lowest BCUT2D eigenvalue weighted by molar-refractivity contribution is -0.156. The van der Waals surface area contributed by atoms with Crippen LogP contribution in [0, 0.1) is 10.8 Å². The van der Waals surface area contributed by atoms with Crippen molar-refractivity contribution in [3.05, 3.63) is 0 Å². The number of carbonyl (C=O) groups is 1. The van der Waals surface area contributed by atoms with E-state index in [4.69, 9.17) is 14.5 Å². The van der Waals surface area contributed by atoms with Crippen molar-refractivity contribution in [2.45, 2.75) is 54.1 Å². The second-order valence-electron chi connectivity index (χ2n) is 6.83. The van der Waals surface area contributed by atoms with Crippen LogP contribution >= 0.6 is 7.82 Å². The van der Waals surface area contributed by atoms with E-state index in [1.54, 1.807) is 20.8 Å². The molecule has 0 saturated carbocycles. The highest BCUT2D eigenvalue weighted by Gasteiger charge is 2.30.